The predicted octanol–water partition coefficient (Wildman–Crippen LogP) is 1.65. The molecule has 102 valence electrons. The minimum Gasteiger partial charge on any atom is -0.393 e. The van der Waals surface area contributed by atoms with Gasteiger partial charge in [0.25, 0.3) is 6.43 Å². The average Bonchev–Trinajstić information content (AvgIpc) is 2.79. The van der Waals surface area contributed by atoms with Gasteiger partial charge < -0.3 is 10.0 Å². The fraction of sp³-hybridized carbons (Fsp3) is 0.923. The number of rotatable bonds is 2. The molecule has 2 saturated carbocycles. The van der Waals surface area contributed by atoms with Gasteiger partial charge in [0.05, 0.1) is 6.10 Å². The Labute approximate surface area is 105 Å². The average molecular weight is 259 g/mol. The lowest BCUT2D eigenvalue weighted by molar-refractivity contribution is -0.161. The third kappa shape index (κ3) is 1.59. The van der Waals surface area contributed by atoms with Crippen molar-refractivity contribution >= 4 is 5.91 Å². The van der Waals surface area contributed by atoms with E-state index >= 15 is 0 Å². The second-order valence-electron chi connectivity index (χ2n) is 6.09. The Morgan fingerprint density at radius 1 is 1.28 bits per heavy atom. The van der Waals surface area contributed by atoms with Crippen LogP contribution in [0.5, 0.6) is 0 Å². The molecule has 5 heteroatoms. The van der Waals surface area contributed by atoms with Crippen molar-refractivity contribution in [3.05, 3.63) is 0 Å². The summed E-state index contributed by atoms with van der Waals surface area (Å²) < 4.78 is 26.2. The monoisotopic (exact) mass is 259 g/mol. The Morgan fingerprint density at radius 3 is 2.50 bits per heavy atom. The molecule has 3 aliphatic rings. The number of nitrogens with zero attached hydrogens (tertiary/aromatic N) is 1. The molecule has 0 bridgehead atoms. The fourth-order valence-electron chi connectivity index (χ4n) is 3.80. The molecule has 18 heavy (non-hydrogen) atoms. The van der Waals surface area contributed by atoms with E-state index in [1.54, 1.807) is 4.90 Å². The Hall–Kier alpha value is -0.710. The van der Waals surface area contributed by atoms with E-state index in [2.05, 4.69) is 0 Å². The van der Waals surface area contributed by atoms with Crippen LogP contribution in [-0.4, -0.2) is 41.5 Å². The van der Waals surface area contributed by atoms with Crippen LogP contribution in [0.4, 0.5) is 8.78 Å². The third-order valence-electron chi connectivity index (χ3n) is 5.20. The van der Waals surface area contributed by atoms with Crippen molar-refractivity contribution in [1.29, 1.82) is 0 Å². The second kappa shape index (κ2) is 4.15. The Bertz CT molecular complexity index is 357. The van der Waals surface area contributed by atoms with Gasteiger partial charge in [-0.15, -0.1) is 0 Å². The number of carbonyl (C=O) groups excluding carboxylic acids is 1. The largest absolute Gasteiger partial charge is 0.393 e. The van der Waals surface area contributed by atoms with Gasteiger partial charge in [-0.1, -0.05) is 6.42 Å². The molecule has 1 saturated heterocycles. The van der Waals surface area contributed by atoms with Crippen molar-refractivity contribution in [3.8, 4) is 0 Å². The third-order valence-corrected chi connectivity index (χ3v) is 5.20. The molecule has 3 atom stereocenters. The van der Waals surface area contributed by atoms with Gasteiger partial charge in [-0.2, -0.15) is 0 Å². The summed E-state index contributed by atoms with van der Waals surface area (Å²) >= 11 is 0. The molecule has 3 nitrogen and oxygen atoms in total. The summed E-state index contributed by atoms with van der Waals surface area (Å²) in [5, 5.41) is 9.80. The number of hydrogen-bond acceptors (Lipinski definition) is 2. The lowest BCUT2D eigenvalue weighted by atomic mass is 9.68. The molecule has 2 aliphatic carbocycles. The van der Waals surface area contributed by atoms with Gasteiger partial charge in [0.1, 0.15) is 5.41 Å². The standard InChI is InChI=1S/C13H19F2NO2/c14-11(15)13(4-1-5-13)12(18)16-6-8-2-3-10(17)9(8)7-16/h8-11,17H,1-7H2/t8-,9+,10-/m1/s1. The first-order valence-electron chi connectivity index (χ1n) is 6.80. The van der Waals surface area contributed by atoms with Crippen molar-refractivity contribution in [2.75, 3.05) is 13.1 Å². The molecule has 1 N–H and O–H groups in total. The zero-order valence-electron chi connectivity index (χ0n) is 10.3. The van der Waals surface area contributed by atoms with Crippen LogP contribution in [0.15, 0.2) is 0 Å². The number of carbonyl (C=O) groups is 1. The predicted molar refractivity (Wildman–Crippen MR) is 61.1 cm³/mol. The fourth-order valence-corrected chi connectivity index (χ4v) is 3.80. The summed E-state index contributed by atoms with van der Waals surface area (Å²) in [7, 11) is 0. The van der Waals surface area contributed by atoms with Crippen molar-refractivity contribution < 1.29 is 18.7 Å². The van der Waals surface area contributed by atoms with Crippen LogP contribution < -0.4 is 0 Å². The quantitative estimate of drug-likeness (QED) is 0.819. The summed E-state index contributed by atoms with van der Waals surface area (Å²) in [5.74, 6) is 0.0628. The molecule has 0 spiro atoms. The zero-order chi connectivity index (χ0) is 12.9. The molecule has 1 heterocycles. The van der Waals surface area contributed by atoms with Crippen LogP contribution in [0.1, 0.15) is 32.1 Å². The highest BCUT2D eigenvalue weighted by Gasteiger charge is 2.55. The van der Waals surface area contributed by atoms with Crippen molar-refractivity contribution in [2.24, 2.45) is 17.3 Å². The second-order valence-corrected chi connectivity index (χ2v) is 6.09. The van der Waals surface area contributed by atoms with E-state index in [0.717, 1.165) is 19.3 Å². The first kappa shape index (κ1) is 12.3. The first-order chi connectivity index (χ1) is 8.54. The highest BCUT2D eigenvalue weighted by atomic mass is 19.3. The summed E-state index contributed by atoms with van der Waals surface area (Å²) in [5.41, 5.74) is -1.40. The summed E-state index contributed by atoms with van der Waals surface area (Å²) in [6, 6.07) is 0. The topological polar surface area (TPSA) is 40.5 Å². The first-order valence-corrected chi connectivity index (χ1v) is 6.80. The number of likely N-dealkylation sites (tertiary alicyclic amines) is 1. The minimum atomic E-state index is -2.55. The maximum absolute atomic E-state index is 13.1. The maximum Gasteiger partial charge on any atom is 0.252 e. The Kier molecular flexibility index (Phi) is 2.84. The van der Waals surface area contributed by atoms with E-state index in [-0.39, 0.29) is 17.9 Å². The Balaban J connectivity index is 1.71. The van der Waals surface area contributed by atoms with Crippen LogP contribution in [0.3, 0.4) is 0 Å². The van der Waals surface area contributed by atoms with E-state index in [4.69, 9.17) is 0 Å². The van der Waals surface area contributed by atoms with Crippen molar-refractivity contribution in [3.63, 3.8) is 0 Å². The summed E-state index contributed by atoms with van der Waals surface area (Å²) in [4.78, 5) is 13.9. The van der Waals surface area contributed by atoms with E-state index in [9.17, 15) is 18.7 Å². The van der Waals surface area contributed by atoms with Gasteiger partial charge in [-0.3, -0.25) is 4.79 Å². The van der Waals surface area contributed by atoms with Crippen LogP contribution in [0.2, 0.25) is 0 Å². The number of hydrogen-bond donors (Lipinski definition) is 1. The van der Waals surface area contributed by atoms with Crippen molar-refractivity contribution in [1.82, 2.24) is 4.90 Å². The Morgan fingerprint density at radius 2 is 2.00 bits per heavy atom. The van der Waals surface area contributed by atoms with Gasteiger partial charge in [-0.25, -0.2) is 8.78 Å². The number of amides is 1. The molecule has 0 aromatic rings. The van der Waals surface area contributed by atoms with Gasteiger partial charge in [0.15, 0.2) is 0 Å². The van der Waals surface area contributed by atoms with Crippen LogP contribution in [-0.2, 0) is 4.79 Å². The van der Waals surface area contributed by atoms with Gasteiger partial charge in [-0.05, 0) is 31.6 Å². The van der Waals surface area contributed by atoms with Crippen molar-refractivity contribution in [2.45, 2.75) is 44.6 Å². The van der Waals surface area contributed by atoms with E-state index in [0.29, 0.717) is 31.8 Å². The summed E-state index contributed by atoms with van der Waals surface area (Å²) in [6.07, 6.45) is 0.157. The highest BCUT2D eigenvalue weighted by Crippen LogP contribution is 2.49. The van der Waals surface area contributed by atoms with E-state index in [1.165, 1.54) is 0 Å². The summed E-state index contributed by atoms with van der Waals surface area (Å²) in [6.45, 7) is 1.04. The normalized spacial score (nSPS) is 37.8. The zero-order valence-corrected chi connectivity index (χ0v) is 10.3. The molecule has 0 unspecified atom stereocenters. The molecule has 1 aliphatic heterocycles. The van der Waals surface area contributed by atoms with Gasteiger partial charge >= 0.3 is 0 Å². The molecule has 0 aromatic heterocycles. The maximum atomic E-state index is 13.1. The number of fused-ring (bicyclic) bond motifs is 1. The van der Waals surface area contributed by atoms with E-state index in [1.807, 2.05) is 0 Å². The smallest absolute Gasteiger partial charge is 0.252 e. The molecule has 3 fully saturated rings. The molecule has 0 radical (unpaired) electrons. The van der Waals surface area contributed by atoms with Crippen LogP contribution in [0, 0.1) is 17.3 Å². The SMILES string of the molecule is O=C(N1C[C@H]2CC[C@@H](O)[C@H]2C1)C1(C(F)F)CCC1. The number of aliphatic hydroxyl groups is 1. The highest BCUT2D eigenvalue weighted by molar-refractivity contribution is 5.84. The number of halogens is 2. The molecular formula is C13H19F2NO2. The van der Waals surface area contributed by atoms with Gasteiger partial charge in [0.2, 0.25) is 5.91 Å². The van der Waals surface area contributed by atoms with Crippen LogP contribution in [0.25, 0.3) is 0 Å². The minimum absolute atomic E-state index is 0.115. The number of aliphatic hydroxyl groups excluding tert-OH is 1. The molecule has 1 amide bonds. The lowest BCUT2D eigenvalue weighted by Crippen LogP contribution is -2.51. The molecule has 3 rings (SSSR count). The van der Waals surface area contributed by atoms with E-state index < -0.39 is 11.8 Å². The lowest BCUT2D eigenvalue weighted by Gasteiger charge is -2.42. The molecule has 0 aromatic carbocycles. The van der Waals surface area contributed by atoms with Crippen LogP contribution >= 0.6 is 0 Å². The van der Waals surface area contributed by atoms with Gasteiger partial charge in [0, 0.05) is 19.0 Å². The molecular weight excluding hydrogens is 240 g/mol. The number of alkyl halides is 2.